The van der Waals surface area contributed by atoms with Gasteiger partial charge in [-0.15, -0.1) is 0 Å². The first-order valence-electron chi connectivity index (χ1n) is 6.27. The third-order valence-corrected chi connectivity index (χ3v) is 4.11. The van der Waals surface area contributed by atoms with Gasteiger partial charge in [0.25, 0.3) is 0 Å². The third kappa shape index (κ3) is 3.07. The highest BCUT2D eigenvalue weighted by atomic mass is 127. The van der Waals surface area contributed by atoms with E-state index >= 15 is 0 Å². The molecular formula is C12H17IN4. The summed E-state index contributed by atoms with van der Waals surface area (Å²) in [5, 5.41) is 3.34. The van der Waals surface area contributed by atoms with E-state index in [1.165, 1.54) is 32.4 Å². The van der Waals surface area contributed by atoms with E-state index in [-0.39, 0.29) is 0 Å². The number of anilines is 1. The molecule has 1 saturated carbocycles. The van der Waals surface area contributed by atoms with Gasteiger partial charge in [0.1, 0.15) is 0 Å². The first-order valence-corrected chi connectivity index (χ1v) is 7.34. The number of hydrogen-bond acceptors (Lipinski definition) is 4. The Morgan fingerprint density at radius 3 is 2.76 bits per heavy atom. The van der Waals surface area contributed by atoms with Gasteiger partial charge >= 0.3 is 0 Å². The third-order valence-electron chi connectivity index (χ3n) is 3.55. The molecule has 92 valence electrons. The highest BCUT2D eigenvalue weighted by Gasteiger charge is 2.34. The Morgan fingerprint density at radius 2 is 2.06 bits per heavy atom. The average molecular weight is 344 g/mol. The number of hydrogen-bond donors (Lipinski definition) is 1. The van der Waals surface area contributed by atoms with E-state index < -0.39 is 0 Å². The summed E-state index contributed by atoms with van der Waals surface area (Å²) in [6.07, 6.45) is 7.84. The summed E-state index contributed by atoms with van der Waals surface area (Å²) in [6, 6.07) is 0.912. The van der Waals surface area contributed by atoms with Crippen LogP contribution in [-0.4, -0.2) is 40.5 Å². The minimum Gasteiger partial charge on any atom is -0.354 e. The van der Waals surface area contributed by atoms with Crippen molar-refractivity contribution in [3.8, 4) is 0 Å². The zero-order valence-electron chi connectivity index (χ0n) is 9.77. The van der Waals surface area contributed by atoms with E-state index in [0.29, 0.717) is 0 Å². The zero-order valence-corrected chi connectivity index (χ0v) is 11.9. The molecule has 3 rings (SSSR count). The van der Waals surface area contributed by atoms with Crippen LogP contribution >= 0.6 is 22.6 Å². The van der Waals surface area contributed by atoms with Gasteiger partial charge in [-0.1, -0.05) is 0 Å². The van der Waals surface area contributed by atoms with E-state index in [9.17, 15) is 0 Å². The molecule has 1 saturated heterocycles. The fourth-order valence-corrected chi connectivity index (χ4v) is 2.72. The van der Waals surface area contributed by atoms with Gasteiger partial charge in [-0.2, -0.15) is 0 Å². The van der Waals surface area contributed by atoms with Gasteiger partial charge in [0, 0.05) is 35.1 Å². The topological polar surface area (TPSA) is 41.1 Å². The summed E-state index contributed by atoms with van der Waals surface area (Å²) in [7, 11) is 0. The minimum absolute atomic E-state index is 0.760. The lowest BCUT2D eigenvalue weighted by Gasteiger charge is -2.15. The quantitative estimate of drug-likeness (QED) is 0.848. The van der Waals surface area contributed by atoms with Gasteiger partial charge in [0.05, 0.1) is 0 Å². The average Bonchev–Trinajstić information content (AvgIpc) is 3.09. The molecule has 1 aromatic rings. The van der Waals surface area contributed by atoms with Gasteiger partial charge in [0.2, 0.25) is 5.95 Å². The van der Waals surface area contributed by atoms with E-state index in [4.69, 9.17) is 0 Å². The second-order valence-electron chi connectivity index (χ2n) is 4.99. The Balaban J connectivity index is 1.46. The molecule has 0 aromatic carbocycles. The van der Waals surface area contributed by atoms with Crippen LogP contribution in [0.1, 0.15) is 19.3 Å². The molecule has 4 nitrogen and oxygen atoms in total. The van der Waals surface area contributed by atoms with Crippen molar-refractivity contribution in [3.63, 3.8) is 0 Å². The summed E-state index contributed by atoms with van der Waals surface area (Å²) in [6.45, 7) is 3.54. The number of nitrogens with one attached hydrogen (secondary N) is 1. The second-order valence-corrected chi connectivity index (χ2v) is 6.23. The standard InChI is InChI=1S/C12H17IN4/c13-10-6-15-12(16-7-10)14-5-9-3-4-17(8-9)11-1-2-11/h6-7,9,11H,1-5,8H2,(H,14,15,16). The van der Waals surface area contributed by atoms with Crippen molar-refractivity contribution in [1.29, 1.82) is 0 Å². The Labute approximate surface area is 115 Å². The van der Waals surface area contributed by atoms with Crippen molar-refractivity contribution in [3.05, 3.63) is 16.0 Å². The predicted octanol–water partition coefficient (Wildman–Crippen LogP) is 1.98. The molecule has 1 N–H and O–H groups in total. The highest BCUT2D eigenvalue weighted by molar-refractivity contribution is 14.1. The van der Waals surface area contributed by atoms with Crippen LogP contribution in [0.5, 0.6) is 0 Å². The first-order chi connectivity index (χ1) is 8.31. The molecule has 1 atom stereocenters. The number of nitrogens with zero attached hydrogens (tertiary/aromatic N) is 3. The monoisotopic (exact) mass is 344 g/mol. The molecule has 17 heavy (non-hydrogen) atoms. The molecule has 1 unspecified atom stereocenters. The largest absolute Gasteiger partial charge is 0.354 e. The summed E-state index contributed by atoms with van der Waals surface area (Å²) >= 11 is 2.22. The highest BCUT2D eigenvalue weighted by Crippen LogP contribution is 2.31. The molecule has 1 aromatic heterocycles. The number of halogens is 1. The van der Waals surface area contributed by atoms with Crippen LogP contribution in [-0.2, 0) is 0 Å². The van der Waals surface area contributed by atoms with Crippen molar-refractivity contribution in [1.82, 2.24) is 14.9 Å². The van der Waals surface area contributed by atoms with Crippen LogP contribution in [0.3, 0.4) is 0 Å². The maximum atomic E-state index is 4.26. The van der Waals surface area contributed by atoms with Gasteiger partial charge in [0.15, 0.2) is 0 Å². The van der Waals surface area contributed by atoms with Crippen molar-refractivity contribution >= 4 is 28.5 Å². The van der Waals surface area contributed by atoms with E-state index in [1.54, 1.807) is 0 Å². The lowest BCUT2D eigenvalue weighted by molar-refractivity contribution is 0.316. The number of aromatic nitrogens is 2. The molecular weight excluding hydrogens is 327 g/mol. The molecule has 1 aliphatic carbocycles. The fraction of sp³-hybridized carbons (Fsp3) is 0.667. The molecule has 2 fully saturated rings. The summed E-state index contributed by atoms with van der Waals surface area (Å²) < 4.78 is 1.08. The van der Waals surface area contributed by atoms with Crippen molar-refractivity contribution < 1.29 is 0 Å². The lowest BCUT2D eigenvalue weighted by Crippen LogP contribution is -2.25. The van der Waals surface area contributed by atoms with E-state index in [0.717, 1.165) is 28.0 Å². The smallest absolute Gasteiger partial charge is 0.222 e. The van der Waals surface area contributed by atoms with Crippen LogP contribution in [0.25, 0.3) is 0 Å². The molecule has 0 amide bonds. The minimum atomic E-state index is 0.760. The number of likely N-dealkylation sites (tertiary alicyclic amines) is 1. The summed E-state index contributed by atoms with van der Waals surface area (Å²) in [5.74, 6) is 1.52. The van der Waals surface area contributed by atoms with Crippen molar-refractivity contribution in [2.45, 2.75) is 25.3 Å². The normalized spacial score (nSPS) is 25.1. The predicted molar refractivity (Wildman–Crippen MR) is 75.9 cm³/mol. The molecule has 2 heterocycles. The van der Waals surface area contributed by atoms with Gasteiger partial charge in [-0.3, -0.25) is 0 Å². The van der Waals surface area contributed by atoms with Crippen LogP contribution in [0.2, 0.25) is 0 Å². The lowest BCUT2D eigenvalue weighted by atomic mass is 10.1. The molecule has 2 aliphatic rings. The zero-order chi connectivity index (χ0) is 11.7. The van der Waals surface area contributed by atoms with Crippen molar-refractivity contribution in [2.24, 2.45) is 5.92 Å². The fourth-order valence-electron chi connectivity index (χ4n) is 2.44. The van der Waals surface area contributed by atoms with Crippen LogP contribution in [0.15, 0.2) is 12.4 Å². The second kappa shape index (κ2) is 5.06. The van der Waals surface area contributed by atoms with Crippen molar-refractivity contribution in [2.75, 3.05) is 25.0 Å². The van der Waals surface area contributed by atoms with Gasteiger partial charge < -0.3 is 10.2 Å². The Morgan fingerprint density at radius 1 is 1.29 bits per heavy atom. The maximum absolute atomic E-state index is 4.26. The Bertz CT molecular complexity index is 377. The summed E-state index contributed by atoms with van der Waals surface area (Å²) in [5.41, 5.74) is 0. The SMILES string of the molecule is Ic1cnc(NCC2CCN(C3CC3)C2)nc1. The molecule has 0 bridgehead atoms. The van der Waals surface area contributed by atoms with Gasteiger partial charge in [-0.25, -0.2) is 9.97 Å². The molecule has 0 radical (unpaired) electrons. The van der Waals surface area contributed by atoms with Crippen LogP contribution in [0, 0.1) is 9.49 Å². The molecule has 5 heteroatoms. The Kier molecular flexibility index (Phi) is 3.46. The van der Waals surface area contributed by atoms with E-state index in [2.05, 4.69) is 42.8 Å². The van der Waals surface area contributed by atoms with Crippen LogP contribution in [0.4, 0.5) is 5.95 Å². The maximum Gasteiger partial charge on any atom is 0.222 e. The summed E-state index contributed by atoms with van der Waals surface area (Å²) in [4.78, 5) is 11.2. The number of rotatable bonds is 4. The Hall–Kier alpha value is -0.430. The van der Waals surface area contributed by atoms with E-state index in [1.807, 2.05) is 12.4 Å². The molecule has 0 spiro atoms. The van der Waals surface area contributed by atoms with Crippen LogP contribution < -0.4 is 5.32 Å². The first kappa shape index (κ1) is 11.6. The molecule has 1 aliphatic heterocycles. The van der Waals surface area contributed by atoms with Gasteiger partial charge in [-0.05, 0) is 54.3 Å².